The number of furan rings is 1. The van der Waals surface area contributed by atoms with Gasteiger partial charge in [-0.25, -0.2) is 8.42 Å². The van der Waals surface area contributed by atoms with Crippen molar-refractivity contribution in [3.05, 3.63) is 41.7 Å². The monoisotopic (exact) mass is 399 g/mol. The van der Waals surface area contributed by atoms with E-state index in [2.05, 4.69) is 14.9 Å². The second-order valence-corrected chi connectivity index (χ2v) is 8.66. The average molecular weight is 400 g/mol. The molecule has 1 amide bonds. The molecule has 0 saturated carbocycles. The third-order valence-electron chi connectivity index (χ3n) is 4.08. The van der Waals surface area contributed by atoms with E-state index in [-0.39, 0.29) is 16.2 Å². The summed E-state index contributed by atoms with van der Waals surface area (Å²) in [6.07, 6.45) is 1.60. The van der Waals surface area contributed by atoms with Gasteiger partial charge in [0.2, 0.25) is 5.91 Å². The van der Waals surface area contributed by atoms with Crippen LogP contribution in [-0.2, 0) is 14.8 Å². The molecule has 7 nitrogen and oxygen atoms in total. The number of nitrogens with one attached hydrogen (secondary N) is 2. The fraction of sp³-hybridized carbons (Fsp3) is 0.471. The molecule has 0 saturated heterocycles. The van der Waals surface area contributed by atoms with E-state index >= 15 is 0 Å². The molecule has 0 fully saturated rings. The van der Waals surface area contributed by atoms with Gasteiger partial charge >= 0.3 is 0 Å². The highest BCUT2D eigenvalue weighted by Gasteiger charge is 2.25. The fourth-order valence-electron chi connectivity index (χ4n) is 2.67. The van der Waals surface area contributed by atoms with Gasteiger partial charge in [0.1, 0.15) is 9.97 Å². The molecule has 2 N–H and O–H groups in total. The highest BCUT2D eigenvalue weighted by Crippen LogP contribution is 2.20. The minimum atomic E-state index is -3.69. The van der Waals surface area contributed by atoms with Crippen LogP contribution in [0.4, 0.5) is 0 Å². The topological polar surface area (TPSA) is 91.7 Å². The second-order valence-electron chi connectivity index (χ2n) is 5.77. The van der Waals surface area contributed by atoms with Crippen molar-refractivity contribution in [2.24, 2.45) is 0 Å². The molecule has 9 heteroatoms. The number of hydrogen-bond acceptors (Lipinski definition) is 6. The van der Waals surface area contributed by atoms with Gasteiger partial charge in [0.15, 0.2) is 0 Å². The maximum atomic E-state index is 12.4. The third-order valence-corrected chi connectivity index (χ3v) is 7.02. The number of likely N-dealkylation sites (N-methyl/N-ethyl adjacent to an activating group) is 1. The summed E-state index contributed by atoms with van der Waals surface area (Å²) in [5.41, 5.74) is 0. The van der Waals surface area contributed by atoms with Crippen molar-refractivity contribution in [1.82, 2.24) is 14.9 Å². The highest BCUT2D eigenvalue weighted by molar-refractivity contribution is 7.91. The van der Waals surface area contributed by atoms with Crippen molar-refractivity contribution in [3.8, 4) is 0 Å². The van der Waals surface area contributed by atoms with Gasteiger partial charge in [-0.3, -0.25) is 9.69 Å². The third kappa shape index (κ3) is 5.16. The van der Waals surface area contributed by atoms with Crippen LogP contribution in [0, 0.1) is 0 Å². The molecular weight excluding hydrogens is 374 g/mol. The molecule has 0 aromatic carbocycles. The van der Waals surface area contributed by atoms with Crippen molar-refractivity contribution in [3.63, 3.8) is 0 Å². The first-order chi connectivity index (χ1) is 12.4. The Hall–Kier alpha value is -1.68. The van der Waals surface area contributed by atoms with E-state index in [1.165, 1.54) is 13.0 Å². The zero-order valence-corrected chi connectivity index (χ0v) is 16.8. The molecule has 0 bridgehead atoms. The number of thiophene rings is 1. The Morgan fingerprint density at radius 2 is 2.00 bits per heavy atom. The van der Waals surface area contributed by atoms with Crippen molar-refractivity contribution < 1.29 is 17.6 Å². The molecule has 2 aromatic rings. The number of nitrogens with zero attached hydrogens (tertiary/aromatic N) is 1. The Morgan fingerprint density at radius 1 is 1.27 bits per heavy atom. The lowest BCUT2D eigenvalue weighted by molar-refractivity contribution is -0.122. The van der Waals surface area contributed by atoms with Gasteiger partial charge in [0.25, 0.3) is 10.0 Å². The zero-order chi connectivity index (χ0) is 19.2. The summed E-state index contributed by atoms with van der Waals surface area (Å²) in [6.45, 7) is 7.55. The van der Waals surface area contributed by atoms with E-state index in [9.17, 15) is 13.2 Å². The summed E-state index contributed by atoms with van der Waals surface area (Å²) in [7, 11) is -3.69. The van der Waals surface area contributed by atoms with E-state index in [0.717, 1.165) is 30.2 Å². The molecule has 144 valence electrons. The average Bonchev–Trinajstić information content (AvgIpc) is 3.31. The molecule has 0 radical (unpaired) electrons. The van der Waals surface area contributed by atoms with Crippen LogP contribution in [-0.4, -0.2) is 44.9 Å². The van der Waals surface area contributed by atoms with E-state index in [1.807, 2.05) is 26.0 Å². The maximum absolute atomic E-state index is 12.4. The van der Waals surface area contributed by atoms with Crippen molar-refractivity contribution in [2.75, 3.05) is 19.6 Å². The van der Waals surface area contributed by atoms with Crippen LogP contribution in [0.2, 0.25) is 0 Å². The summed E-state index contributed by atoms with van der Waals surface area (Å²) in [5.74, 6) is 0.384. The molecule has 2 atom stereocenters. The van der Waals surface area contributed by atoms with Crippen LogP contribution in [0.5, 0.6) is 0 Å². The Morgan fingerprint density at radius 3 is 2.54 bits per heavy atom. The number of rotatable bonds is 10. The highest BCUT2D eigenvalue weighted by atomic mass is 32.2. The van der Waals surface area contributed by atoms with Gasteiger partial charge in [-0.05, 0) is 43.6 Å². The summed E-state index contributed by atoms with van der Waals surface area (Å²) in [6, 6.07) is 5.86. The van der Waals surface area contributed by atoms with Crippen molar-refractivity contribution in [1.29, 1.82) is 0 Å². The molecule has 26 heavy (non-hydrogen) atoms. The number of amides is 1. The number of hydrogen-bond donors (Lipinski definition) is 2. The number of carbonyl (C=O) groups is 1. The Kier molecular flexibility index (Phi) is 7.39. The molecule has 2 heterocycles. The second kappa shape index (κ2) is 9.31. The Balaban J connectivity index is 1.99. The predicted octanol–water partition coefficient (Wildman–Crippen LogP) is 2.21. The molecule has 0 spiro atoms. The molecule has 2 unspecified atom stereocenters. The molecule has 0 aliphatic carbocycles. The number of sulfonamides is 1. The SMILES string of the molecule is CCN(CC)C(CNC(=O)C(C)NS(=O)(=O)c1cccs1)c1ccco1. The Labute approximate surface area is 158 Å². The number of carbonyl (C=O) groups excluding carboxylic acids is 1. The van der Waals surface area contributed by atoms with Crippen LogP contribution in [0.15, 0.2) is 44.5 Å². The molecule has 0 aliphatic rings. The zero-order valence-electron chi connectivity index (χ0n) is 15.1. The van der Waals surface area contributed by atoms with Crippen molar-refractivity contribution >= 4 is 27.3 Å². The molecule has 2 rings (SSSR count). The minimum Gasteiger partial charge on any atom is -0.468 e. The largest absolute Gasteiger partial charge is 0.468 e. The summed E-state index contributed by atoms with van der Waals surface area (Å²) >= 11 is 1.11. The van der Waals surface area contributed by atoms with E-state index in [4.69, 9.17) is 4.42 Å². The van der Waals surface area contributed by atoms with Gasteiger partial charge in [-0.1, -0.05) is 19.9 Å². The van der Waals surface area contributed by atoms with Gasteiger partial charge in [-0.15, -0.1) is 11.3 Å². The van der Waals surface area contributed by atoms with E-state index in [0.29, 0.717) is 6.54 Å². The lowest BCUT2D eigenvalue weighted by Gasteiger charge is -2.28. The van der Waals surface area contributed by atoms with Crippen LogP contribution in [0.1, 0.15) is 32.6 Å². The lowest BCUT2D eigenvalue weighted by atomic mass is 10.1. The first kappa shape index (κ1) is 20.6. The van der Waals surface area contributed by atoms with Gasteiger partial charge in [0.05, 0.1) is 18.3 Å². The predicted molar refractivity (Wildman–Crippen MR) is 101 cm³/mol. The summed E-state index contributed by atoms with van der Waals surface area (Å²) in [5, 5.41) is 4.50. The standard InChI is InChI=1S/C17H25N3O4S2/c1-4-20(5-2)14(15-8-6-10-24-15)12-18-17(21)13(3)19-26(22,23)16-9-7-11-25-16/h6-11,13-14,19H,4-5,12H2,1-3H3,(H,18,21). The first-order valence-corrected chi connectivity index (χ1v) is 10.9. The summed E-state index contributed by atoms with van der Waals surface area (Å²) in [4.78, 5) is 14.5. The minimum absolute atomic E-state index is 0.106. The van der Waals surface area contributed by atoms with Gasteiger partial charge in [-0.2, -0.15) is 4.72 Å². The van der Waals surface area contributed by atoms with Crippen LogP contribution >= 0.6 is 11.3 Å². The molecule has 2 aromatic heterocycles. The fourth-order valence-corrected chi connectivity index (χ4v) is 4.88. The van der Waals surface area contributed by atoms with E-state index < -0.39 is 16.1 Å². The van der Waals surface area contributed by atoms with Crippen LogP contribution in [0.25, 0.3) is 0 Å². The Bertz CT molecular complexity index is 769. The normalized spacial score (nSPS) is 14.3. The first-order valence-electron chi connectivity index (χ1n) is 8.50. The lowest BCUT2D eigenvalue weighted by Crippen LogP contribution is -2.47. The maximum Gasteiger partial charge on any atom is 0.250 e. The quantitative estimate of drug-likeness (QED) is 0.639. The smallest absolute Gasteiger partial charge is 0.250 e. The van der Waals surface area contributed by atoms with Gasteiger partial charge < -0.3 is 9.73 Å². The van der Waals surface area contributed by atoms with Crippen LogP contribution < -0.4 is 10.0 Å². The summed E-state index contributed by atoms with van der Waals surface area (Å²) < 4.78 is 32.6. The van der Waals surface area contributed by atoms with Crippen molar-refractivity contribution in [2.45, 2.75) is 37.1 Å². The molecular formula is C17H25N3O4S2. The van der Waals surface area contributed by atoms with E-state index in [1.54, 1.807) is 17.7 Å². The van der Waals surface area contributed by atoms with Crippen LogP contribution in [0.3, 0.4) is 0 Å². The van der Waals surface area contributed by atoms with Gasteiger partial charge in [0, 0.05) is 6.54 Å². The molecule has 0 aliphatic heterocycles.